The number of rotatable bonds is 1. The summed E-state index contributed by atoms with van der Waals surface area (Å²) in [5.41, 5.74) is 0.501. The monoisotopic (exact) mass is 246 g/mol. The number of imide groups is 1. The Morgan fingerprint density at radius 3 is 2.28 bits per heavy atom. The van der Waals surface area contributed by atoms with Crippen molar-refractivity contribution in [2.75, 3.05) is 4.90 Å². The number of hydrogen-bond acceptors (Lipinski definition) is 2. The summed E-state index contributed by atoms with van der Waals surface area (Å²) in [6.45, 7) is 6.05. The average molecular weight is 246 g/mol. The minimum absolute atomic E-state index is 0.113. The first-order chi connectivity index (χ1) is 8.39. The average Bonchev–Trinajstić information content (AvgIpc) is 2.28. The topological polar surface area (TPSA) is 49.4 Å². The van der Waals surface area contributed by atoms with Gasteiger partial charge in [0.25, 0.3) is 0 Å². The molecule has 1 N–H and O–H groups in total. The van der Waals surface area contributed by atoms with E-state index >= 15 is 0 Å². The van der Waals surface area contributed by atoms with E-state index in [4.69, 9.17) is 0 Å². The van der Waals surface area contributed by atoms with Crippen LogP contribution in [0.4, 0.5) is 10.5 Å². The maximum Gasteiger partial charge on any atom is 0.328 e. The molecular weight excluding hydrogens is 228 g/mol. The zero-order chi connectivity index (χ0) is 13.3. The van der Waals surface area contributed by atoms with Crippen molar-refractivity contribution in [3.8, 4) is 0 Å². The fraction of sp³-hybridized carbons (Fsp3) is 0.429. The number of amides is 3. The van der Waals surface area contributed by atoms with Crippen molar-refractivity contribution in [1.82, 2.24) is 5.32 Å². The van der Waals surface area contributed by atoms with Crippen molar-refractivity contribution in [1.29, 1.82) is 0 Å². The number of carbonyl (C=O) groups excluding carboxylic acids is 2. The van der Waals surface area contributed by atoms with Crippen LogP contribution in [0.2, 0.25) is 0 Å². The van der Waals surface area contributed by atoms with Gasteiger partial charge in [-0.15, -0.1) is 0 Å². The van der Waals surface area contributed by atoms with E-state index in [2.05, 4.69) is 5.32 Å². The highest BCUT2D eigenvalue weighted by Crippen LogP contribution is 2.27. The molecule has 1 aromatic carbocycles. The normalized spacial score (nSPS) is 20.8. The predicted octanol–water partition coefficient (Wildman–Crippen LogP) is 2.55. The van der Waals surface area contributed by atoms with Crippen LogP contribution in [0.5, 0.6) is 0 Å². The highest BCUT2D eigenvalue weighted by atomic mass is 16.2. The first-order valence-electron chi connectivity index (χ1n) is 6.08. The third-order valence-corrected chi connectivity index (χ3v) is 3.19. The lowest BCUT2D eigenvalue weighted by Gasteiger charge is -2.38. The second kappa shape index (κ2) is 4.44. The van der Waals surface area contributed by atoms with Crippen LogP contribution in [0, 0.1) is 5.41 Å². The molecule has 0 radical (unpaired) electrons. The van der Waals surface area contributed by atoms with Gasteiger partial charge in [-0.25, -0.2) is 9.69 Å². The SMILES string of the molecule is CC(C)(C)C1CC(=O)N(c2ccccc2)C(=O)N1. The summed E-state index contributed by atoms with van der Waals surface area (Å²) >= 11 is 0. The van der Waals surface area contributed by atoms with Crippen molar-refractivity contribution < 1.29 is 9.59 Å². The molecule has 0 aromatic heterocycles. The molecule has 1 saturated heterocycles. The molecule has 3 amide bonds. The molecule has 2 rings (SSSR count). The molecule has 0 spiro atoms. The Morgan fingerprint density at radius 2 is 1.78 bits per heavy atom. The lowest BCUT2D eigenvalue weighted by molar-refractivity contribution is -0.119. The number of carbonyl (C=O) groups is 2. The number of benzene rings is 1. The van der Waals surface area contributed by atoms with Gasteiger partial charge in [0.15, 0.2) is 0 Å². The van der Waals surface area contributed by atoms with E-state index in [0.29, 0.717) is 12.1 Å². The largest absolute Gasteiger partial charge is 0.334 e. The highest BCUT2D eigenvalue weighted by Gasteiger charge is 2.38. The molecule has 4 heteroatoms. The van der Waals surface area contributed by atoms with Crippen molar-refractivity contribution in [3.63, 3.8) is 0 Å². The number of nitrogens with one attached hydrogen (secondary N) is 1. The number of hydrogen-bond donors (Lipinski definition) is 1. The molecule has 1 aliphatic rings. The van der Waals surface area contributed by atoms with Crippen LogP contribution in [-0.4, -0.2) is 18.0 Å². The molecule has 1 fully saturated rings. The summed E-state index contributed by atoms with van der Waals surface area (Å²) in [7, 11) is 0. The molecule has 1 heterocycles. The van der Waals surface area contributed by atoms with E-state index in [9.17, 15) is 9.59 Å². The molecule has 0 saturated carbocycles. The number of para-hydroxylation sites is 1. The van der Waals surface area contributed by atoms with Crippen molar-refractivity contribution in [3.05, 3.63) is 30.3 Å². The molecule has 0 bridgehead atoms. The molecule has 1 unspecified atom stereocenters. The summed E-state index contributed by atoms with van der Waals surface area (Å²) in [4.78, 5) is 25.4. The van der Waals surface area contributed by atoms with Crippen LogP contribution in [0.25, 0.3) is 0 Å². The van der Waals surface area contributed by atoms with Gasteiger partial charge in [0.1, 0.15) is 0 Å². The van der Waals surface area contributed by atoms with E-state index in [1.54, 1.807) is 12.1 Å². The van der Waals surface area contributed by atoms with E-state index in [1.807, 2.05) is 39.0 Å². The summed E-state index contributed by atoms with van der Waals surface area (Å²) < 4.78 is 0. The Hall–Kier alpha value is -1.84. The number of anilines is 1. The van der Waals surface area contributed by atoms with Crippen LogP contribution in [0.1, 0.15) is 27.2 Å². The smallest absolute Gasteiger partial charge is 0.328 e. The highest BCUT2D eigenvalue weighted by molar-refractivity contribution is 6.16. The Kier molecular flexibility index (Phi) is 3.11. The van der Waals surface area contributed by atoms with Crippen LogP contribution >= 0.6 is 0 Å². The van der Waals surface area contributed by atoms with E-state index in [0.717, 1.165) is 0 Å². The molecular formula is C14H18N2O2. The summed E-state index contributed by atoms with van der Waals surface area (Å²) in [6, 6.07) is 8.55. The summed E-state index contributed by atoms with van der Waals surface area (Å²) in [5.74, 6) is -0.148. The van der Waals surface area contributed by atoms with Gasteiger partial charge in [0, 0.05) is 12.5 Å². The third kappa shape index (κ3) is 2.37. The molecule has 0 aliphatic carbocycles. The van der Waals surface area contributed by atoms with Crippen LogP contribution in [0.15, 0.2) is 30.3 Å². The Morgan fingerprint density at radius 1 is 1.17 bits per heavy atom. The van der Waals surface area contributed by atoms with E-state index in [1.165, 1.54) is 4.90 Å². The fourth-order valence-electron chi connectivity index (χ4n) is 2.00. The van der Waals surface area contributed by atoms with Crippen molar-refractivity contribution >= 4 is 17.6 Å². The van der Waals surface area contributed by atoms with Gasteiger partial charge in [0.05, 0.1) is 5.69 Å². The molecule has 1 atom stereocenters. The van der Waals surface area contributed by atoms with Crippen LogP contribution < -0.4 is 10.2 Å². The number of nitrogens with zero attached hydrogens (tertiary/aromatic N) is 1. The maximum atomic E-state index is 12.1. The second-order valence-electron chi connectivity index (χ2n) is 5.64. The van der Waals surface area contributed by atoms with Crippen LogP contribution in [-0.2, 0) is 4.79 Å². The first kappa shape index (κ1) is 12.6. The Bertz CT molecular complexity index is 444. The van der Waals surface area contributed by atoms with Gasteiger partial charge in [-0.3, -0.25) is 4.79 Å². The van der Waals surface area contributed by atoms with Gasteiger partial charge in [0.2, 0.25) is 5.91 Å². The van der Waals surface area contributed by atoms with Gasteiger partial charge in [-0.2, -0.15) is 0 Å². The van der Waals surface area contributed by atoms with Gasteiger partial charge in [-0.1, -0.05) is 39.0 Å². The Balaban J connectivity index is 2.23. The zero-order valence-electron chi connectivity index (χ0n) is 10.9. The van der Waals surface area contributed by atoms with Gasteiger partial charge >= 0.3 is 6.03 Å². The van der Waals surface area contributed by atoms with E-state index in [-0.39, 0.29) is 23.4 Å². The molecule has 1 aromatic rings. The molecule has 4 nitrogen and oxygen atoms in total. The maximum absolute atomic E-state index is 12.1. The quantitative estimate of drug-likeness (QED) is 0.827. The van der Waals surface area contributed by atoms with Gasteiger partial charge < -0.3 is 5.32 Å². The molecule has 96 valence electrons. The third-order valence-electron chi connectivity index (χ3n) is 3.19. The van der Waals surface area contributed by atoms with E-state index < -0.39 is 0 Å². The van der Waals surface area contributed by atoms with Gasteiger partial charge in [-0.05, 0) is 17.5 Å². The second-order valence-corrected chi connectivity index (χ2v) is 5.64. The summed E-state index contributed by atoms with van der Waals surface area (Å²) in [6.07, 6.45) is 0.337. The fourth-order valence-corrected chi connectivity index (χ4v) is 2.00. The number of urea groups is 1. The predicted molar refractivity (Wildman–Crippen MR) is 70.3 cm³/mol. The molecule has 18 heavy (non-hydrogen) atoms. The molecule has 1 aliphatic heterocycles. The van der Waals surface area contributed by atoms with Crippen molar-refractivity contribution in [2.45, 2.75) is 33.2 Å². The van der Waals surface area contributed by atoms with Crippen LogP contribution in [0.3, 0.4) is 0 Å². The zero-order valence-corrected chi connectivity index (χ0v) is 10.9. The Labute approximate surface area is 107 Å². The summed E-state index contributed by atoms with van der Waals surface area (Å²) in [5, 5.41) is 2.90. The minimum atomic E-state index is -0.336. The standard InChI is InChI=1S/C14H18N2O2/c1-14(2,3)11-9-12(17)16(13(18)15-11)10-7-5-4-6-8-10/h4-8,11H,9H2,1-3H3,(H,15,18). The van der Waals surface area contributed by atoms with Crippen molar-refractivity contribution in [2.24, 2.45) is 5.41 Å². The minimum Gasteiger partial charge on any atom is -0.334 e. The lowest BCUT2D eigenvalue weighted by atomic mass is 9.83. The first-order valence-corrected chi connectivity index (χ1v) is 6.08. The lowest BCUT2D eigenvalue weighted by Crippen LogP contribution is -2.58.